The molecule has 1 atom stereocenters. The van der Waals surface area contributed by atoms with Crippen molar-refractivity contribution in [2.45, 2.75) is 39.8 Å². The van der Waals surface area contributed by atoms with E-state index in [1.165, 1.54) is 5.56 Å². The first-order chi connectivity index (χ1) is 13.3. The molecule has 1 fully saturated rings. The summed E-state index contributed by atoms with van der Waals surface area (Å²) in [5.74, 6) is 0. The summed E-state index contributed by atoms with van der Waals surface area (Å²) in [5.41, 5.74) is 13.7. The third-order valence-electron chi connectivity index (χ3n) is 5.69. The quantitative estimate of drug-likeness (QED) is 0.688. The maximum atomic E-state index is 6.05. The molecule has 3 heterocycles. The lowest BCUT2D eigenvalue weighted by molar-refractivity contribution is 0.327. The summed E-state index contributed by atoms with van der Waals surface area (Å²) in [6.07, 6.45) is 3.12. The largest absolute Gasteiger partial charge is 0.359 e. The minimum Gasteiger partial charge on any atom is -0.359 e. The zero-order valence-corrected chi connectivity index (χ0v) is 17.1. The maximum absolute atomic E-state index is 6.05. The van der Waals surface area contributed by atoms with Crippen molar-refractivity contribution in [3.8, 4) is 11.3 Å². The number of fused-ring (bicyclic) bond motifs is 1. The summed E-state index contributed by atoms with van der Waals surface area (Å²) in [4.78, 5) is 10.8. The number of allylic oxidation sites excluding steroid dienone is 1. The van der Waals surface area contributed by atoms with E-state index in [0.29, 0.717) is 6.04 Å². The number of rotatable bonds is 4. The molecule has 0 saturated carbocycles. The Labute approximate surface area is 167 Å². The number of pyridine rings is 1. The van der Waals surface area contributed by atoms with Gasteiger partial charge in [0.15, 0.2) is 0 Å². The van der Waals surface area contributed by atoms with Crippen molar-refractivity contribution < 1.29 is 0 Å². The summed E-state index contributed by atoms with van der Waals surface area (Å²) in [7, 11) is 0. The van der Waals surface area contributed by atoms with Crippen LogP contribution >= 0.6 is 0 Å². The Kier molecular flexibility index (Phi) is 4.86. The van der Waals surface area contributed by atoms with Gasteiger partial charge < -0.3 is 10.7 Å². The van der Waals surface area contributed by atoms with E-state index >= 15 is 0 Å². The van der Waals surface area contributed by atoms with Gasteiger partial charge in [0.25, 0.3) is 0 Å². The molecular formula is C24H30N4. The zero-order valence-electron chi connectivity index (χ0n) is 17.1. The van der Waals surface area contributed by atoms with Crippen molar-refractivity contribution in [1.29, 1.82) is 0 Å². The van der Waals surface area contributed by atoms with Gasteiger partial charge in [0.05, 0.1) is 16.7 Å². The van der Waals surface area contributed by atoms with Crippen LogP contribution in [0.25, 0.3) is 27.9 Å². The number of H-pyrrole nitrogens is 1. The number of hydrogen-bond acceptors (Lipinski definition) is 3. The summed E-state index contributed by atoms with van der Waals surface area (Å²) in [6.45, 7) is 13.9. The molecule has 1 aliphatic rings. The molecule has 4 heteroatoms. The van der Waals surface area contributed by atoms with Gasteiger partial charge in [-0.15, -0.1) is 0 Å². The lowest BCUT2D eigenvalue weighted by atomic mass is 9.84. The lowest BCUT2D eigenvalue weighted by Gasteiger charge is -2.21. The molecule has 3 N–H and O–H groups in total. The summed E-state index contributed by atoms with van der Waals surface area (Å²) in [6, 6.07) is 13.2. The second kappa shape index (κ2) is 7.19. The van der Waals surface area contributed by atoms with E-state index in [0.717, 1.165) is 59.5 Å². The molecule has 3 aromatic rings. The Hall–Kier alpha value is -2.43. The minimum absolute atomic E-state index is 0.00328. The van der Waals surface area contributed by atoms with Crippen molar-refractivity contribution in [2.75, 3.05) is 13.1 Å². The van der Waals surface area contributed by atoms with E-state index in [4.69, 9.17) is 10.7 Å². The fourth-order valence-corrected chi connectivity index (χ4v) is 3.89. The summed E-state index contributed by atoms with van der Waals surface area (Å²) < 4.78 is 0. The second-order valence-corrected chi connectivity index (χ2v) is 9.01. The van der Waals surface area contributed by atoms with Crippen LogP contribution in [-0.4, -0.2) is 34.0 Å². The molecule has 0 amide bonds. The molecule has 1 aromatic carbocycles. The number of likely N-dealkylation sites (tertiary alicyclic amines) is 1. The van der Waals surface area contributed by atoms with Crippen LogP contribution in [0.2, 0.25) is 0 Å². The zero-order chi connectivity index (χ0) is 19.9. The highest BCUT2D eigenvalue weighted by Gasteiger charge is 2.21. The van der Waals surface area contributed by atoms with Crippen molar-refractivity contribution in [2.24, 2.45) is 11.1 Å². The molecule has 4 rings (SSSR count). The predicted molar refractivity (Wildman–Crippen MR) is 118 cm³/mol. The molecule has 2 aromatic heterocycles. The smallest absolute Gasteiger partial charge is 0.0961 e. The van der Waals surface area contributed by atoms with Gasteiger partial charge in [-0.25, -0.2) is 4.98 Å². The van der Waals surface area contributed by atoms with Crippen LogP contribution < -0.4 is 5.73 Å². The number of hydrogen-bond donors (Lipinski definition) is 2. The van der Waals surface area contributed by atoms with Gasteiger partial charge in [0.2, 0.25) is 0 Å². The number of aromatic amines is 1. The van der Waals surface area contributed by atoms with Crippen LogP contribution in [-0.2, 0) is 6.54 Å². The second-order valence-electron chi connectivity index (χ2n) is 9.01. The normalized spacial score (nSPS) is 18.1. The Balaban J connectivity index is 1.66. The van der Waals surface area contributed by atoms with E-state index in [-0.39, 0.29) is 5.41 Å². The van der Waals surface area contributed by atoms with E-state index in [1.54, 1.807) is 0 Å². The Morgan fingerprint density at radius 1 is 1.29 bits per heavy atom. The predicted octanol–water partition coefficient (Wildman–Crippen LogP) is 4.82. The molecule has 1 saturated heterocycles. The van der Waals surface area contributed by atoms with Crippen LogP contribution in [0, 0.1) is 5.41 Å². The van der Waals surface area contributed by atoms with E-state index in [2.05, 4.69) is 73.6 Å². The van der Waals surface area contributed by atoms with Crippen LogP contribution in [0.5, 0.6) is 0 Å². The maximum Gasteiger partial charge on any atom is 0.0961 e. The minimum atomic E-state index is 0.00328. The fraction of sp³-hybridized carbons (Fsp3) is 0.375. The van der Waals surface area contributed by atoms with Gasteiger partial charge in [-0.1, -0.05) is 45.5 Å². The molecule has 4 nitrogen and oxygen atoms in total. The van der Waals surface area contributed by atoms with Gasteiger partial charge in [0, 0.05) is 43.0 Å². The van der Waals surface area contributed by atoms with Gasteiger partial charge in [-0.3, -0.25) is 4.90 Å². The highest BCUT2D eigenvalue weighted by atomic mass is 15.2. The highest BCUT2D eigenvalue weighted by Crippen LogP contribution is 2.36. The lowest BCUT2D eigenvalue weighted by Crippen LogP contribution is -2.26. The topological polar surface area (TPSA) is 57.9 Å². The average Bonchev–Trinajstić information content (AvgIpc) is 3.26. The average molecular weight is 375 g/mol. The molecule has 0 spiro atoms. The van der Waals surface area contributed by atoms with E-state index < -0.39 is 0 Å². The van der Waals surface area contributed by atoms with Gasteiger partial charge in [-0.2, -0.15) is 0 Å². The number of nitrogens with two attached hydrogens (primary N) is 1. The van der Waals surface area contributed by atoms with Crippen molar-refractivity contribution >= 4 is 16.6 Å². The third-order valence-corrected chi connectivity index (χ3v) is 5.69. The Morgan fingerprint density at radius 3 is 2.82 bits per heavy atom. The third kappa shape index (κ3) is 3.75. The first kappa shape index (κ1) is 18.9. The Morgan fingerprint density at radius 2 is 2.11 bits per heavy atom. The van der Waals surface area contributed by atoms with Crippen LogP contribution in [0.4, 0.5) is 0 Å². The van der Waals surface area contributed by atoms with Crippen LogP contribution in [0.15, 0.2) is 49.2 Å². The molecule has 0 bridgehead atoms. The van der Waals surface area contributed by atoms with Gasteiger partial charge in [-0.05, 0) is 41.2 Å². The first-order valence-corrected chi connectivity index (χ1v) is 10.1. The SMILES string of the molecule is C=C(c1c[nH]c2ccc(-c3cccc(CN4CCC(N)C4)c3)nc12)C(C)(C)C. The van der Waals surface area contributed by atoms with Gasteiger partial charge >= 0.3 is 0 Å². The molecule has 0 aliphatic carbocycles. The number of nitrogens with zero attached hydrogens (tertiary/aromatic N) is 2. The Bertz CT molecular complexity index is 1010. The monoisotopic (exact) mass is 374 g/mol. The first-order valence-electron chi connectivity index (χ1n) is 10.1. The van der Waals surface area contributed by atoms with E-state index in [9.17, 15) is 0 Å². The van der Waals surface area contributed by atoms with Crippen LogP contribution in [0.3, 0.4) is 0 Å². The molecule has 146 valence electrons. The number of aromatic nitrogens is 2. The molecule has 28 heavy (non-hydrogen) atoms. The van der Waals surface area contributed by atoms with Crippen molar-refractivity contribution in [3.63, 3.8) is 0 Å². The van der Waals surface area contributed by atoms with Crippen molar-refractivity contribution in [3.05, 3.63) is 60.3 Å². The number of benzene rings is 1. The summed E-state index contributed by atoms with van der Waals surface area (Å²) >= 11 is 0. The van der Waals surface area contributed by atoms with Crippen molar-refractivity contribution in [1.82, 2.24) is 14.9 Å². The standard InChI is InChI=1S/C24H30N4/c1-16(24(2,3)4)20-13-26-22-9-8-21(27-23(20)22)18-7-5-6-17(12-18)14-28-11-10-19(25)15-28/h5-9,12-13,19,26H,1,10-11,14-15,25H2,2-4H3. The summed E-state index contributed by atoms with van der Waals surface area (Å²) in [5, 5.41) is 0. The highest BCUT2D eigenvalue weighted by molar-refractivity contribution is 5.91. The molecule has 1 aliphatic heterocycles. The van der Waals surface area contributed by atoms with Gasteiger partial charge in [0.1, 0.15) is 0 Å². The van der Waals surface area contributed by atoms with Crippen LogP contribution in [0.1, 0.15) is 38.3 Å². The van der Waals surface area contributed by atoms with E-state index in [1.807, 2.05) is 6.20 Å². The fourth-order valence-electron chi connectivity index (χ4n) is 3.89. The molecular weight excluding hydrogens is 344 g/mol. The molecule has 1 unspecified atom stereocenters. The number of nitrogens with one attached hydrogen (secondary N) is 1. The molecule has 0 radical (unpaired) electrons.